The molecule has 1 fully saturated rings. The largest absolute Gasteiger partial charge is 0.358 e. The number of hydrogen-bond donors (Lipinski definition) is 2. The number of aromatic nitrogens is 3. The quantitative estimate of drug-likeness (QED) is 0.200. The van der Waals surface area contributed by atoms with E-state index >= 15 is 0 Å². The van der Waals surface area contributed by atoms with E-state index in [-0.39, 0.29) is 11.9 Å². The van der Waals surface area contributed by atoms with Crippen molar-refractivity contribution in [2.75, 3.05) is 26.2 Å². The van der Waals surface area contributed by atoms with Crippen LogP contribution < -0.4 is 0 Å². The van der Waals surface area contributed by atoms with E-state index in [1.165, 1.54) is 36.5 Å². The smallest absolute Gasteiger partial charge is 0.227 e. The first-order valence-corrected chi connectivity index (χ1v) is 14.7. The number of H-pyrrole nitrogens is 2. The topological polar surface area (TPSA) is 68.0 Å². The van der Waals surface area contributed by atoms with Crippen molar-refractivity contribution in [2.24, 2.45) is 0 Å². The van der Waals surface area contributed by atoms with Crippen molar-refractivity contribution in [3.8, 4) is 11.3 Å². The maximum Gasteiger partial charge on any atom is 0.227 e. The fraction of sp³-hybridized carbons (Fsp3) is 0.353. The van der Waals surface area contributed by atoms with Gasteiger partial charge in [-0.25, -0.2) is 4.98 Å². The third kappa shape index (κ3) is 5.41. The third-order valence-electron chi connectivity index (χ3n) is 8.44. The number of imidazole rings is 1. The van der Waals surface area contributed by atoms with E-state index in [1.807, 2.05) is 18.3 Å². The van der Waals surface area contributed by atoms with Gasteiger partial charge in [0.05, 0.1) is 18.3 Å². The summed E-state index contributed by atoms with van der Waals surface area (Å²) in [6, 6.07) is 23.1. The predicted octanol–water partition coefficient (Wildman–Crippen LogP) is 7.03. The molecule has 1 unspecified atom stereocenters. The summed E-state index contributed by atoms with van der Waals surface area (Å²) >= 11 is 0. The monoisotopic (exact) mass is 533 g/mol. The molecule has 0 spiro atoms. The van der Waals surface area contributed by atoms with Gasteiger partial charge in [-0.2, -0.15) is 0 Å². The van der Waals surface area contributed by atoms with Crippen LogP contribution >= 0.6 is 0 Å². The van der Waals surface area contributed by atoms with Gasteiger partial charge in [0.2, 0.25) is 5.91 Å². The van der Waals surface area contributed by atoms with Crippen LogP contribution in [0.5, 0.6) is 0 Å². The normalized spacial score (nSPS) is 16.2. The van der Waals surface area contributed by atoms with E-state index in [2.05, 4.69) is 88.2 Å². The van der Waals surface area contributed by atoms with Crippen LogP contribution in [0.25, 0.3) is 32.9 Å². The molecule has 2 N–H and O–H groups in total. The molecule has 1 atom stereocenters. The highest BCUT2D eigenvalue weighted by molar-refractivity contribution is 5.90. The molecule has 2 aromatic heterocycles. The summed E-state index contributed by atoms with van der Waals surface area (Å²) in [5, 5.41) is 3.57. The Hall–Kier alpha value is -3.90. The molecule has 1 saturated heterocycles. The van der Waals surface area contributed by atoms with Crippen LogP contribution in [0.3, 0.4) is 0 Å². The summed E-state index contributed by atoms with van der Waals surface area (Å²) < 4.78 is 0. The molecule has 40 heavy (non-hydrogen) atoms. The third-order valence-corrected chi connectivity index (χ3v) is 8.44. The van der Waals surface area contributed by atoms with Gasteiger partial charge in [-0.05, 0) is 48.4 Å². The molecule has 206 valence electrons. The first-order chi connectivity index (χ1) is 19.6. The van der Waals surface area contributed by atoms with Gasteiger partial charge in [0.25, 0.3) is 0 Å². The van der Waals surface area contributed by atoms with E-state index in [9.17, 15) is 4.79 Å². The van der Waals surface area contributed by atoms with Gasteiger partial charge >= 0.3 is 0 Å². The molecule has 1 aliphatic rings. The zero-order valence-corrected chi connectivity index (χ0v) is 23.6. The van der Waals surface area contributed by atoms with Crippen molar-refractivity contribution < 1.29 is 4.79 Å². The first-order valence-electron chi connectivity index (χ1n) is 14.7. The van der Waals surface area contributed by atoms with E-state index in [0.717, 1.165) is 58.9 Å². The van der Waals surface area contributed by atoms with Gasteiger partial charge in [0, 0.05) is 41.8 Å². The number of benzene rings is 3. The molecule has 6 heteroatoms. The Kier molecular flexibility index (Phi) is 7.69. The molecule has 6 rings (SSSR count). The fourth-order valence-corrected chi connectivity index (χ4v) is 6.16. The lowest BCUT2D eigenvalue weighted by atomic mass is 10.0. The lowest BCUT2D eigenvalue weighted by Crippen LogP contribution is -2.51. The van der Waals surface area contributed by atoms with Gasteiger partial charge in [0.15, 0.2) is 0 Å². The molecule has 0 aliphatic carbocycles. The number of aryl methyl sites for hydroxylation is 1. The average molecular weight is 534 g/mol. The molecule has 3 aromatic carbocycles. The molecular weight excluding hydrogens is 494 g/mol. The first kappa shape index (κ1) is 26.3. The molecule has 0 saturated carbocycles. The minimum absolute atomic E-state index is 0.104. The van der Waals surface area contributed by atoms with Crippen molar-refractivity contribution in [1.29, 1.82) is 0 Å². The van der Waals surface area contributed by atoms with Crippen LogP contribution in [0.2, 0.25) is 0 Å². The Balaban J connectivity index is 1.26. The summed E-state index contributed by atoms with van der Waals surface area (Å²) in [7, 11) is 0. The molecule has 1 amide bonds. The molecule has 0 radical (unpaired) electrons. The van der Waals surface area contributed by atoms with Crippen LogP contribution in [-0.4, -0.2) is 56.8 Å². The second-order valence-corrected chi connectivity index (χ2v) is 11.2. The second-order valence-electron chi connectivity index (χ2n) is 11.2. The maximum absolute atomic E-state index is 13.9. The molecule has 5 aromatic rings. The summed E-state index contributed by atoms with van der Waals surface area (Å²) in [6.07, 6.45) is 7.28. The van der Waals surface area contributed by atoms with Crippen molar-refractivity contribution in [2.45, 2.75) is 52.0 Å². The van der Waals surface area contributed by atoms with Crippen LogP contribution in [-0.2, 0) is 11.2 Å². The van der Waals surface area contributed by atoms with Gasteiger partial charge in [0.1, 0.15) is 11.9 Å². The van der Waals surface area contributed by atoms with Crippen molar-refractivity contribution >= 4 is 27.6 Å². The summed E-state index contributed by atoms with van der Waals surface area (Å²) in [4.78, 5) is 30.4. The highest BCUT2D eigenvalue weighted by Crippen LogP contribution is 2.30. The average Bonchev–Trinajstić information content (AvgIpc) is 3.60. The molecule has 3 heterocycles. The lowest BCUT2D eigenvalue weighted by Gasteiger charge is -2.40. The summed E-state index contributed by atoms with van der Waals surface area (Å²) in [6.45, 7) is 7.80. The highest BCUT2D eigenvalue weighted by atomic mass is 16.2. The SMILES string of the molecule is CCCCCCN1CCN(C(=O)Cc2c(C)[nH]c3ccccc23)C(c2ncc(-c3ccc4ccccc4c3)[nH]2)C1. The fourth-order valence-electron chi connectivity index (χ4n) is 6.16. The van der Waals surface area contributed by atoms with E-state index in [0.29, 0.717) is 13.0 Å². The number of para-hydroxylation sites is 1. The molecule has 6 nitrogen and oxygen atoms in total. The number of nitrogens with zero attached hydrogens (tertiary/aromatic N) is 3. The minimum atomic E-state index is -0.104. The number of aromatic amines is 2. The Labute approximate surface area is 236 Å². The minimum Gasteiger partial charge on any atom is -0.358 e. The van der Waals surface area contributed by atoms with Crippen LogP contribution in [0.15, 0.2) is 72.9 Å². The molecular formula is C34H39N5O. The highest BCUT2D eigenvalue weighted by Gasteiger charge is 2.33. The number of carbonyl (C=O) groups excluding carboxylic acids is 1. The van der Waals surface area contributed by atoms with Crippen molar-refractivity contribution in [1.82, 2.24) is 24.8 Å². The standard InChI is InChI=1S/C34H39N5O/c1-3-4-5-10-17-38-18-19-39(33(40)21-29-24(2)36-30-14-9-8-13-28(29)30)32(23-38)34-35-22-31(37-34)27-16-15-25-11-6-7-12-26(25)20-27/h6-9,11-16,20,22,32,36H,3-5,10,17-19,21,23H2,1-2H3,(H,35,37). The number of rotatable bonds is 9. The van der Waals surface area contributed by atoms with E-state index in [4.69, 9.17) is 4.98 Å². The number of piperazine rings is 1. The van der Waals surface area contributed by atoms with Gasteiger partial charge < -0.3 is 14.9 Å². The number of carbonyl (C=O) groups is 1. The van der Waals surface area contributed by atoms with Crippen LogP contribution in [0.1, 0.15) is 55.7 Å². The van der Waals surface area contributed by atoms with Gasteiger partial charge in [-0.3, -0.25) is 9.69 Å². The number of unbranched alkanes of at least 4 members (excludes halogenated alkanes) is 3. The lowest BCUT2D eigenvalue weighted by molar-refractivity contribution is -0.135. The predicted molar refractivity (Wildman–Crippen MR) is 163 cm³/mol. The van der Waals surface area contributed by atoms with Gasteiger partial charge in [-0.15, -0.1) is 0 Å². The Morgan fingerprint density at radius 2 is 1.77 bits per heavy atom. The number of hydrogen-bond acceptors (Lipinski definition) is 3. The zero-order valence-electron chi connectivity index (χ0n) is 23.6. The Morgan fingerprint density at radius 3 is 2.65 bits per heavy atom. The van der Waals surface area contributed by atoms with Crippen LogP contribution in [0, 0.1) is 6.92 Å². The number of nitrogens with one attached hydrogen (secondary N) is 2. The summed E-state index contributed by atoms with van der Waals surface area (Å²) in [5.41, 5.74) is 5.34. The summed E-state index contributed by atoms with van der Waals surface area (Å²) in [5.74, 6) is 1.03. The molecule has 1 aliphatic heterocycles. The maximum atomic E-state index is 13.9. The number of fused-ring (bicyclic) bond motifs is 2. The second kappa shape index (κ2) is 11.7. The van der Waals surface area contributed by atoms with Crippen molar-refractivity contribution in [3.63, 3.8) is 0 Å². The van der Waals surface area contributed by atoms with Crippen molar-refractivity contribution in [3.05, 3.63) is 90.0 Å². The van der Waals surface area contributed by atoms with Crippen LogP contribution in [0.4, 0.5) is 0 Å². The molecule has 0 bridgehead atoms. The van der Waals surface area contributed by atoms with E-state index < -0.39 is 0 Å². The van der Waals surface area contributed by atoms with Gasteiger partial charge in [-0.1, -0.05) is 80.8 Å². The van der Waals surface area contributed by atoms with E-state index in [1.54, 1.807) is 0 Å². The Bertz CT molecular complexity index is 1620. The number of amides is 1. The zero-order chi connectivity index (χ0) is 27.5. The Morgan fingerprint density at radius 1 is 0.950 bits per heavy atom.